The molecule has 1 aliphatic carbocycles. The summed E-state index contributed by atoms with van der Waals surface area (Å²) in [6, 6.07) is 9.44. The van der Waals surface area contributed by atoms with Gasteiger partial charge in [-0.2, -0.15) is 0 Å². The monoisotopic (exact) mass is 305 g/mol. The molecule has 0 unspecified atom stereocenters. The molecule has 0 radical (unpaired) electrons. The van der Waals surface area contributed by atoms with Crippen molar-refractivity contribution in [1.29, 1.82) is 0 Å². The predicted molar refractivity (Wildman–Crippen MR) is 83.7 cm³/mol. The molecule has 2 rings (SSSR count). The highest BCUT2D eigenvalue weighted by atomic mass is 16.5. The molecule has 0 aromatic heterocycles. The minimum atomic E-state index is -0.223. The number of urea groups is 1. The molecule has 1 saturated carbocycles. The number of ether oxygens (including phenoxy) is 1. The summed E-state index contributed by atoms with van der Waals surface area (Å²) in [4.78, 5) is 22.6. The fourth-order valence-corrected chi connectivity index (χ4v) is 2.54. The average Bonchev–Trinajstić information content (AvgIpc) is 2.91. The predicted octanol–water partition coefficient (Wildman–Crippen LogP) is 1.42. The van der Waals surface area contributed by atoms with Gasteiger partial charge >= 0.3 is 6.03 Å². The van der Waals surface area contributed by atoms with E-state index in [1.54, 1.807) is 0 Å². The van der Waals surface area contributed by atoms with Gasteiger partial charge in [-0.15, -0.1) is 0 Å². The van der Waals surface area contributed by atoms with Gasteiger partial charge in [0.25, 0.3) is 0 Å². The standard InChI is InChI=1S/C16H23N3O3/c1-12(20)17-10-11-18-16(21)19-14-8-5-9-15(14)22-13-6-3-2-4-7-13/h2-4,6-7,14-15H,5,8-11H2,1H3,(H,17,20)(H2,18,19,21)/t14-,15+/m1/s1. The number of hydrogen-bond donors (Lipinski definition) is 3. The molecule has 3 amide bonds. The zero-order valence-electron chi connectivity index (χ0n) is 12.8. The fraction of sp³-hybridized carbons (Fsp3) is 0.500. The first-order valence-corrected chi connectivity index (χ1v) is 7.65. The maximum Gasteiger partial charge on any atom is 0.315 e. The van der Waals surface area contributed by atoms with Crippen LogP contribution in [0.5, 0.6) is 5.75 Å². The second-order valence-corrected chi connectivity index (χ2v) is 5.39. The Balaban J connectivity index is 1.73. The maximum atomic E-state index is 11.9. The molecule has 1 fully saturated rings. The van der Waals surface area contributed by atoms with Crippen molar-refractivity contribution in [1.82, 2.24) is 16.0 Å². The molecule has 120 valence electrons. The van der Waals surface area contributed by atoms with E-state index >= 15 is 0 Å². The van der Waals surface area contributed by atoms with E-state index in [0.717, 1.165) is 25.0 Å². The third-order valence-corrected chi connectivity index (χ3v) is 3.58. The van der Waals surface area contributed by atoms with Gasteiger partial charge in [-0.3, -0.25) is 4.79 Å². The van der Waals surface area contributed by atoms with Gasteiger partial charge in [0.15, 0.2) is 0 Å². The smallest absolute Gasteiger partial charge is 0.315 e. The van der Waals surface area contributed by atoms with Crippen molar-refractivity contribution in [3.63, 3.8) is 0 Å². The third kappa shape index (κ3) is 5.27. The summed E-state index contributed by atoms with van der Waals surface area (Å²) in [6.07, 6.45) is 2.89. The summed E-state index contributed by atoms with van der Waals surface area (Å²) < 4.78 is 5.95. The Morgan fingerprint density at radius 1 is 1.14 bits per heavy atom. The summed E-state index contributed by atoms with van der Waals surface area (Å²) >= 11 is 0. The lowest BCUT2D eigenvalue weighted by Gasteiger charge is -2.22. The van der Waals surface area contributed by atoms with Crippen molar-refractivity contribution in [2.24, 2.45) is 0 Å². The summed E-state index contributed by atoms with van der Waals surface area (Å²) in [6.45, 7) is 2.28. The molecule has 6 heteroatoms. The van der Waals surface area contributed by atoms with Gasteiger partial charge in [0.05, 0.1) is 6.04 Å². The van der Waals surface area contributed by atoms with E-state index < -0.39 is 0 Å². The summed E-state index contributed by atoms with van der Waals surface area (Å²) in [5.41, 5.74) is 0. The number of para-hydroxylation sites is 1. The second-order valence-electron chi connectivity index (χ2n) is 5.39. The van der Waals surface area contributed by atoms with E-state index in [1.165, 1.54) is 6.92 Å². The van der Waals surface area contributed by atoms with Crippen LogP contribution in [0.2, 0.25) is 0 Å². The lowest BCUT2D eigenvalue weighted by Crippen LogP contribution is -2.48. The Morgan fingerprint density at radius 2 is 1.86 bits per heavy atom. The first-order valence-electron chi connectivity index (χ1n) is 7.65. The number of benzene rings is 1. The van der Waals surface area contributed by atoms with Crippen LogP contribution in [0.15, 0.2) is 30.3 Å². The molecule has 0 aliphatic heterocycles. The number of nitrogens with one attached hydrogen (secondary N) is 3. The molecule has 6 nitrogen and oxygen atoms in total. The quantitative estimate of drug-likeness (QED) is 0.696. The molecule has 22 heavy (non-hydrogen) atoms. The van der Waals surface area contributed by atoms with E-state index in [1.807, 2.05) is 30.3 Å². The van der Waals surface area contributed by atoms with Crippen molar-refractivity contribution in [3.8, 4) is 5.75 Å². The Bertz CT molecular complexity index is 493. The average molecular weight is 305 g/mol. The van der Waals surface area contributed by atoms with E-state index in [9.17, 15) is 9.59 Å². The van der Waals surface area contributed by atoms with Crippen LogP contribution >= 0.6 is 0 Å². The summed E-state index contributed by atoms with van der Waals surface area (Å²) in [5, 5.41) is 8.31. The second kappa shape index (κ2) is 8.26. The van der Waals surface area contributed by atoms with Crippen molar-refractivity contribution < 1.29 is 14.3 Å². The molecular weight excluding hydrogens is 282 g/mol. The molecule has 1 aromatic carbocycles. The van der Waals surface area contributed by atoms with Crippen LogP contribution in [-0.2, 0) is 4.79 Å². The number of carbonyl (C=O) groups is 2. The third-order valence-electron chi connectivity index (χ3n) is 3.58. The fourth-order valence-electron chi connectivity index (χ4n) is 2.54. The highest BCUT2D eigenvalue weighted by molar-refractivity contribution is 5.75. The number of rotatable bonds is 6. The van der Waals surface area contributed by atoms with Crippen molar-refractivity contribution in [3.05, 3.63) is 30.3 Å². The number of carbonyl (C=O) groups excluding carboxylic acids is 2. The first-order chi connectivity index (χ1) is 10.6. The van der Waals surface area contributed by atoms with Crippen LogP contribution in [0.25, 0.3) is 0 Å². The van der Waals surface area contributed by atoms with Crippen LogP contribution in [-0.4, -0.2) is 37.2 Å². The first kappa shape index (κ1) is 16.1. The highest BCUT2D eigenvalue weighted by Crippen LogP contribution is 2.24. The maximum absolute atomic E-state index is 11.9. The van der Waals surface area contributed by atoms with Crippen LogP contribution in [0.1, 0.15) is 26.2 Å². The Morgan fingerprint density at radius 3 is 2.59 bits per heavy atom. The van der Waals surface area contributed by atoms with Crippen LogP contribution in [0, 0.1) is 0 Å². The van der Waals surface area contributed by atoms with Crippen molar-refractivity contribution in [2.75, 3.05) is 13.1 Å². The molecule has 2 atom stereocenters. The lowest BCUT2D eigenvalue weighted by atomic mass is 10.2. The lowest BCUT2D eigenvalue weighted by molar-refractivity contribution is -0.118. The van der Waals surface area contributed by atoms with Gasteiger partial charge in [0.1, 0.15) is 11.9 Å². The largest absolute Gasteiger partial charge is 0.488 e. The van der Waals surface area contributed by atoms with Gasteiger partial charge in [0, 0.05) is 20.0 Å². The van der Waals surface area contributed by atoms with E-state index in [0.29, 0.717) is 13.1 Å². The Hall–Kier alpha value is -2.24. The minimum Gasteiger partial charge on any atom is -0.488 e. The summed E-state index contributed by atoms with van der Waals surface area (Å²) in [5.74, 6) is 0.724. The van der Waals surface area contributed by atoms with Gasteiger partial charge in [-0.25, -0.2) is 4.79 Å². The molecular formula is C16H23N3O3. The van der Waals surface area contributed by atoms with Gasteiger partial charge in [-0.1, -0.05) is 18.2 Å². The van der Waals surface area contributed by atoms with Crippen LogP contribution in [0.4, 0.5) is 4.79 Å². The Labute approximate surface area is 130 Å². The number of hydrogen-bond acceptors (Lipinski definition) is 3. The Kier molecular flexibility index (Phi) is 6.06. The topological polar surface area (TPSA) is 79.5 Å². The normalized spacial score (nSPS) is 20.2. The van der Waals surface area contributed by atoms with E-state index in [4.69, 9.17) is 4.74 Å². The van der Waals surface area contributed by atoms with Crippen LogP contribution < -0.4 is 20.7 Å². The summed E-state index contributed by atoms with van der Waals surface area (Å²) in [7, 11) is 0. The molecule has 0 saturated heterocycles. The van der Waals surface area contributed by atoms with E-state index in [-0.39, 0.29) is 24.1 Å². The van der Waals surface area contributed by atoms with Gasteiger partial charge in [0.2, 0.25) is 5.91 Å². The highest BCUT2D eigenvalue weighted by Gasteiger charge is 2.30. The number of amides is 3. The molecule has 1 aliphatic rings. The SMILES string of the molecule is CC(=O)NCCNC(=O)N[C@@H]1CCC[C@@H]1Oc1ccccc1. The molecule has 1 aromatic rings. The van der Waals surface area contributed by atoms with Crippen molar-refractivity contribution >= 4 is 11.9 Å². The van der Waals surface area contributed by atoms with Crippen LogP contribution in [0.3, 0.4) is 0 Å². The molecule has 0 spiro atoms. The zero-order valence-corrected chi connectivity index (χ0v) is 12.8. The minimum absolute atomic E-state index is 0.00324. The molecule has 3 N–H and O–H groups in total. The molecule has 0 bridgehead atoms. The van der Waals surface area contributed by atoms with Gasteiger partial charge in [-0.05, 0) is 31.4 Å². The van der Waals surface area contributed by atoms with Gasteiger partial charge < -0.3 is 20.7 Å². The molecule has 0 heterocycles. The van der Waals surface area contributed by atoms with Crippen molar-refractivity contribution in [2.45, 2.75) is 38.3 Å². The van der Waals surface area contributed by atoms with E-state index in [2.05, 4.69) is 16.0 Å². The zero-order chi connectivity index (χ0) is 15.8.